The van der Waals surface area contributed by atoms with Crippen LogP contribution in [0, 0.1) is 5.41 Å². The average molecular weight is 296 g/mol. The molecule has 0 aromatic heterocycles. The third kappa shape index (κ3) is 3.45. The Kier molecular flexibility index (Phi) is 4.49. The Hall–Kier alpha value is -0.780. The van der Waals surface area contributed by atoms with Crippen molar-refractivity contribution in [2.24, 2.45) is 5.41 Å². The largest absolute Gasteiger partial charge is 0.459 e. The van der Waals surface area contributed by atoms with E-state index in [1.165, 1.54) is 0 Å². The molecular formula is C14H23F3O3. The van der Waals surface area contributed by atoms with Crippen LogP contribution in [0.4, 0.5) is 13.2 Å². The predicted octanol–water partition coefficient (Wildman–Crippen LogP) is 3.59. The summed E-state index contributed by atoms with van der Waals surface area (Å²) in [5.41, 5.74) is -4.24. The monoisotopic (exact) mass is 296 g/mol. The maximum absolute atomic E-state index is 12.7. The van der Waals surface area contributed by atoms with Crippen molar-refractivity contribution in [1.29, 1.82) is 0 Å². The van der Waals surface area contributed by atoms with Gasteiger partial charge in [0.1, 0.15) is 5.60 Å². The second kappa shape index (κ2) is 5.20. The highest BCUT2D eigenvalue weighted by molar-refractivity contribution is 5.76. The molecule has 1 rings (SSSR count). The molecule has 0 atom stereocenters. The van der Waals surface area contributed by atoms with Crippen LogP contribution < -0.4 is 0 Å². The van der Waals surface area contributed by atoms with Crippen molar-refractivity contribution in [2.75, 3.05) is 0 Å². The lowest BCUT2D eigenvalue weighted by Crippen LogP contribution is -2.52. The molecule has 0 heterocycles. The zero-order valence-electron chi connectivity index (χ0n) is 12.4. The van der Waals surface area contributed by atoms with E-state index in [9.17, 15) is 23.1 Å². The van der Waals surface area contributed by atoms with Gasteiger partial charge in [-0.05, 0) is 52.9 Å². The summed E-state index contributed by atoms with van der Waals surface area (Å²) in [5, 5.41) is 9.61. The second-order valence-electron chi connectivity index (χ2n) is 6.61. The van der Waals surface area contributed by atoms with Gasteiger partial charge in [-0.25, -0.2) is 0 Å². The van der Waals surface area contributed by atoms with Crippen molar-refractivity contribution in [3.63, 3.8) is 0 Å². The van der Waals surface area contributed by atoms with Gasteiger partial charge in [-0.3, -0.25) is 4.79 Å². The van der Waals surface area contributed by atoms with Crippen LogP contribution in [0.25, 0.3) is 0 Å². The van der Waals surface area contributed by atoms with Crippen molar-refractivity contribution in [3.8, 4) is 0 Å². The Morgan fingerprint density at radius 1 is 1.20 bits per heavy atom. The number of halogens is 3. The van der Waals surface area contributed by atoms with Gasteiger partial charge < -0.3 is 9.84 Å². The van der Waals surface area contributed by atoms with E-state index in [2.05, 4.69) is 0 Å². The highest BCUT2D eigenvalue weighted by atomic mass is 19.4. The molecule has 0 amide bonds. The fraction of sp³-hybridized carbons (Fsp3) is 0.929. The number of carbonyl (C=O) groups is 1. The average Bonchev–Trinajstić information content (AvgIpc) is 2.32. The van der Waals surface area contributed by atoms with Crippen LogP contribution in [0.2, 0.25) is 0 Å². The first kappa shape index (κ1) is 17.3. The van der Waals surface area contributed by atoms with Gasteiger partial charge in [-0.15, -0.1) is 0 Å². The molecular weight excluding hydrogens is 273 g/mol. The molecule has 0 unspecified atom stereocenters. The molecule has 6 heteroatoms. The smallest absolute Gasteiger partial charge is 0.417 e. The highest BCUT2D eigenvalue weighted by Gasteiger charge is 2.57. The predicted molar refractivity (Wildman–Crippen MR) is 68.0 cm³/mol. The van der Waals surface area contributed by atoms with E-state index in [4.69, 9.17) is 4.74 Å². The van der Waals surface area contributed by atoms with Gasteiger partial charge in [0.2, 0.25) is 0 Å². The Balaban J connectivity index is 2.70. The number of rotatable bonds is 3. The number of ether oxygens (including phenoxy) is 1. The van der Waals surface area contributed by atoms with Crippen LogP contribution >= 0.6 is 0 Å². The molecule has 1 fully saturated rings. The fourth-order valence-electron chi connectivity index (χ4n) is 2.08. The standard InChI is InChI=1S/C14H23F3O3/c1-5-11(2,3)10(18)20-12(4)6-8-13(19,9-7-12)14(15,16)17/h19H,5-9H2,1-4H3. The van der Waals surface area contributed by atoms with Gasteiger partial charge in [0, 0.05) is 0 Å². The molecule has 0 aromatic carbocycles. The summed E-state index contributed by atoms with van der Waals surface area (Å²) in [6.45, 7) is 6.97. The highest BCUT2D eigenvalue weighted by Crippen LogP contribution is 2.46. The number of carbonyl (C=O) groups excluding carboxylic acids is 1. The van der Waals surface area contributed by atoms with Gasteiger partial charge in [0.05, 0.1) is 5.41 Å². The van der Waals surface area contributed by atoms with Crippen LogP contribution in [-0.2, 0) is 9.53 Å². The lowest BCUT2D eigenvalue weighted by Gasteiger charge is -2.43. The molecule has 3 nitrogen and oxygen atoms in total. The van der Waals surface area contributed by atoms with Gasteiger partial charge in [0.25, 0.3) is 0 Å². The summed E-state index contributed by atoms with van der Waals surface area (Å²) in [6, 6.07) is 0. The number of esters is 1. The van der Waals surface area contributed by atoms with Crippen molar-refractivity contribution in [2.45, 2.75) is 77.2 Å². The first-order valence-corrected chi connectivity index (χ1v) is 6.88. The molecule has 1 N–H and O–H groups in total. The normalized spacial score (nSPS) is 32.0. The third-order valence-corrected chi connectivity index (χ3v) is 4.44. The minimum Gasteiger partial charge on any atom is -0.459 e. The van der Waals surface area contributed by atoms with Crippen molar-refractivity contribution < 1.29 is 27.8 Å². The van der Waals surface area contributed by atoms with E-state index in [1.807, 2.05) is 6.92 Å². The fourth-order valence-corrected chi connectivity index (χ4v) is 2.08. The van der Waals surface area contributed by atoms with Crippen LogP contribution in [0.5, 0.6) is 0 Å². The Morgan fingerprint density at radius 3 is 2.00 bits per heavy atom. The van der Waals surface area contributed by atoms with E-state index in [0.29, 0.717) is 6.42 Å². The molecule has 1 saturated carbocycles. The first-order valence-electron chi connectivity index (χ1n) is 6.88. The Morgan fingerprint density at radius 2 is 1.65 bits per heavy atom. The third-order valence-electron chi connectivity index (χ3n) is 4.44. The van der Waals surface area contributed by atoms with Gasteiger partial charge in [0.15, 0.2) is 5.60 Å². The van der Waals surface area contributed by atoms with E-state index in [0.717, 1.165) is 0 Å². The minimum atomic E-state index is -4.64. The van der Waals surface area contributed by atoms with Crippen molar-refractivity contribution in [1.82, 2.24) is 0 Å². The minimum absolute atomic E-state index is 0.00848. The van der Waals surface area contributed by atoms with Gasteiger partial charge in [-0.1, -0.05) is 6.92 Å². The summed E-state index contributed by atoms with van der Waals surface area (Å²) < 4.78 is 43.6. The number of hydrogen-bond acceptors (Lipinski definition) is 3. The molecule has 0 aliphatic heterocycles. The molecule has 0 bridgehead atoms. The quantitative estimate of drug-likeness (QED) is 0.810. The SMILES string of the molecule is CCC(C)(C)C(=O)OC1(C)CCC(O)(C(F)(F)F)CC1. The maximum atomic E-state index is 12.7. The van der Waals surface area contributed by atoms with Gasteiger partial charge in [-0.2, -0.15) is 13.2 Å². The lowest BCUT2D eigenvalue weighted by molar-refractivity contribution is -0.279. The molecule has 0 saturated heterocycles. The summed E-state index contributed by atoms with van der Waals surface area (Å²) in [6.07, 6.45) is -4.90. The van der Waals surface area contributed by atoms with Crippen LogP contribution in [0.3, 0.4) is 0 Å². The van der Waals surface area contributed by atoms with Crippen molar-refractivity contribution >= 4 is 5.97 Å². The zero-order valence-corrected chi connectivity index (χ0v) is 12.4. The Bertz CT molecular complexity index is 366. The first-order chi connectivity index (χ1) is 8.85. The number of alkyl halides is 3. The maximum Gasteiger partial charge on any atom is 0.417 e. The van der Waals surface area contributed by atoms with Crippen LogP contribution in [0.15, 0.2) is 0 Å². The number of hydrogen-bond donors (Lipinski definition) is 1. The summed E-state index contributed by atoms with van der Waals surface area (Å²) in [4.78, 5) is 12.0. The van der Waals surface area contributed by atoms with Crippen LogP contribution in [-0.4, -0.2) is 28.5 Å². The van der Waals surface area contributed by atoms with E-state index < -0.39 is 41.6 Å². The summed E-state index contributed by atoms with van der Waals surface area (Å²) >= 11 is 0. The molecule has 118 valence electrons. The molecule has 1 aliphatic carbocycles. The van der Waals surface area contributed by atoms with Crippen molar-refractivity contribution in [3.05, 3.63) is 0 Å². The molecule has 0 spiro atoms. The molecule has 0 radical (unpaired) electrons. The molecule has 0 aromatic rings. The Labute approximate surface area is 117 Å². The topological polar surface area (TPSA) is 46.5 Å². The second-order valence-corrected chi connectivity index (χ2v) is 6.61. The molecule has 1 aliphatic rings. The zero-order chi connectivity index (χ0) is 15.8. The van der Waals surface area contributed by atoms with E-state index in [-0.39, 0.29) is 12.8 Å². The summed E-state index contributed by atoms with van der Waals surface area (Å²) in [5.74, 6) is -0.403. The van der Waals surface area contributed by atoms with Gasteiger partial charge >= 0.3 is 12.1 Å². The van der Waals surface area contributed by atoms with Crippen LogP contribution in [0.1, 0.15) is 59.8 Å². The molecule has 20 heavy (non-hydrogen) atoms. The number of aliphatic hydroxyl groups is 1. The van der Waals surface area contributed by atoms with E-state index in [1.54, 1.807) is 20.8 Å². The van der Waals surface area contributed by atoms with E-state index >= 15 is 0 Å². The lowest BCUT2D eigenvalue weighted by atomic mass is 9.76. The summed E-state index contributed by atoms with van der Waals surface area (Å²) in [7, 11) is 0.